The summed E-state index contributed by atoms with van der Waals surface area (Å²) in [6.45, 7) is 5.47. The van der Waals surface area contributed by atoms with Gasteiger partial charge in [0.2, 0.25) is 0 Å². The number of nitrogens with two attached hydrogens (primary N) is 1. The van der Waals surface area contributed by atoms with Gasteiger partial charge in [-0.05, 0) is 44.4 Å². The molecular weight excluding hydrogens is 300 g/mol. The van der Waals surface area contributed by atoms with Crippen molar-refractivity contribution in [1.82, 2.24) is 0 Å². The first-order valence-corrected chi connectivity index (χ1v) is 8.29. The highest BCUT2D eigenvalue weighted by molar-refractivity contribution is 7.84. The summed E-state index contributed by atoms with van der Waals surface area (Å²) in [5.74, 6) is -0.810. The van der Waals surface area contributed by atoms with Crippen molar-refractivity contribution in [3.63, 3.8) is 0 Å². The first-order valence-electron chi connectivity index (χ1n) is 6.26. The van der Waals surface area contributed by atoms with Gasteiger partial charge in [0.15, 0.2) is 0 Å². The van der Waals surface area contributed by atoms with Crippen LogP contribution >= 0.6 is 11.3 Å². The summed E-state index contributed by atoms with van der Waals surface area (Å²) >= 11 is 1.24. The third-order valence-electron chi connectivity index (χ3n) is 3.41. The second-order valence-corrected chi connectivity index (χ2v) is 8.37. The molecule has 2 atom stereocenters. The van der Waals surface area contributed by atoms with Crippen LogP contribution in [0.25, 0.3) is 10.1 Å². The van der Waals surface area contributed by atoms with E-state index in [0.29, 0.717) is 21.4 Å². The van der Waals surface area contributed by atoms with Crippen LogP contribution in [-0.4, -0.2) is 8.96 Å². The molecule has 0 radical (unpaired) electrons. The molecule has 0 bridgehead atoms. The molecule has 0 saturated carbocycles. The van der Waals surface area contributed by atoms with Gasteiger partial charge in [0, 0.05) is 15.0 Å². The standard InChI is InChI=1S/C14H17F2NOS2/c1-8(7-14(2,3)20(17)18)13-12(16)10-5-4-9(15)6-11(10)19-13/h4-6,8H,7,17H2,1-3H3/t8-,20?/m1/s1. The van der Waals surface area contributed by atoms with E-state index in [2.05, 4.69) is 0 Å². The van der Waals surface area contributed by atoms with E-state index in [-0.39, 0.29) is 17.6 Å². The van der Waals surface area contributed by atoms with Gasteiger partial charge in [-0.1, -0.05) is 6.92 Å². The van der Waals surface area contributed by atoms with Crippen molar-refractivity contribution in [2.75, 3.05) is 0 Å². The second kappa shape index (κ2) is 5.50. The Balaban J connectivity index is 2.38. The van der Waals surface area contributed by atoms with Crippen LogP contribution in [0, 0.1) is 11.6 Å². The minimum absolute atomic E-state index is 0.127. The average Bonchev–Trinajstić information content (AvgIpc) is 2.65. The Morgan fingerprint density at radius 2 is 2.05 bits per heavy atom. The summed E-state index contributed by atoms with van der Waals surface area (Å²) in [4.78, 5) is 0.559. The summed E-state index contributed by atoms with van der Waals surface area (Å²) in [5.41, 5.74) is 0. The van der Waals surface area contributed by atoms with Crippen molar-refractivity contribution in [2.45, 2.75) is 37.9 Å². The predicted octanol–water partition coefficient (Wildman–Crippen LogP) is 4.07. The number of rotatable bonds is 4. The van der Waals surface area contributed by atoms with Gasteiger partial charge < -0.3 is 0 Å². The molecule has 20 heavy (non-hydrogen) atoms. The van der Waals surface area contributed by atoms with Crippen LogP contribution in [-0.2, 0) is 11.0 Å². The summed E-state index contributed by atoms with van der Waals surface area (Å²) in [6, 6.07) is 4.05. The fourth-order valence-electron chi connectivity index (χ4n) is 2.29. The van der Waals surface area contributed by atoms with E-state index >= 15 is 0 Å². The van der Waals surface area contributed by atoms with Gasteiger partial charge in [-0.25, -0.2) is 13.0 Å². The molecule has 0 aliphatic carbocycles. The number of benzene rings is 1. The number of fused-ring (bicyclic) bond motifs is 1. The molecule has 1 aromatic carbocycles. The zero-order valence-corrected chi connectivity index (χ0v) is 13.2. The summed E-state index contributed by atoms with van der Waals surface area (Å²) in [6.07, 6.45) is 0.502. The molecule has 2 N–H and O–H groups in total. The molecule has 0 aliphatic rings. The highest BCUT2D eigenvalue weighted by Crippen LogP contribution is 2.38. The van der Waals surface area contributed by atoms with E-state index in [1.165, 1.54) is 29.5 Å². The Bertz CT molecular complexity index is 666. The van der Waals surface area contributed by atoms with Gasteiger partial charge in [-0.15, -0.1) is 11.3 Å². The van der Waals surface area contributed by atoms with Crippen molar-refractivity contribution in [3.8, 4) is 0 Å². The van der Waals surface area contributed by atoms with Gasteiger partial charge in [0.05, 0.1) is 15.7 Å². The Labute approximate surface area is 123 Å². The smallest absolute Gasteiger partial charge is 0.145 e. The third kappa shape index (κ3) is 2.92. The van der Waals surface area contributed by atoms with Crippen molar-refractivity contribution in [2.24, 2.45) is 5.14 Å². The minimum atomic E-state index is -1.48. The van der Waals surface area contributed by atoms with E-state index < -0.39 is 15.7 Å². The van der Waals surface area contributed by atoms with Crippen molar-refractivity contribution >= 4 is 32.4 Å². The molecule has 0 spiro atoms. The zero-order valence-electron chi connectivity index (χ0n) is 11.6. The first kappa shape index (κ1) is 15.5. The molecule has 1 unspecified atom stereocenters. The summed E-state index contributed by atoms with van der Waals surface area (Å²) in [7, 11) is -1.48. The Hall–Kier alpha value is -0.850. The summed E-state index contributed by atoms with van der Waals surface area (Å²) < 4.78 is 39.0. The molecule has 2 rings (SSSR count). The van der Waals surface area contributed by atoms with Gasteiger partial charge in [-0.2, -0.15) is 0 Å². The van der Waals surface area contributed by atoms with Gasteiger partial charge in [0.25, 0.3) is 0 Å². The predicted molar refractivity (Wildman–Crippen MR) is 81.2 cm³/mol. The Morgan fingerprint density at radius 3 is 2.65 bits per heavy atom. The minimum Gasteiger partial charge on any atom is -0.251 e. The van der Waals surface area contributed by atoms with Crippen LogP contribution in [0.5, 0.6) is 0 Å². The average molecular weight is 317 g/mol. The highest BCUT2D eigenvalue weighted by atomic mass is 32.2. The lowest BCUT2D eigenvalue weighted by Gasteiger charge is -2.24. The van der Waals surface area contributed by atoms with Crippen molar-refractivity contribution in [3.05, 3.63) is 34.7 Å². The molecule has 0 amide bonds. The number of hydrogen-bond acceptors (Lipinski definition) is 2. The fraction of sp³-hybridized carbons (Fsp3) is 0.429. The quantitative estimate of drug-likeness (QED) is 0.907. The summed E-state index contributed by atoms with van der Waals surface area (Å²) in [5, 5.41) is 5.90. The largest absolute Gasteiger partial charge is 0.251 e. The maximum Gasteiger partial charge on any atom is 0.145 e. The third-order valence-corrected chi connectivity index (χ3v) is 6.02. The molecule has 6 heteroatoms. The maximum absolute atomic E-state index is 14.4. The molecule has 1 heterocycles. The molecule has 110 valence electrons. The van der Waals surface area contributed by atoms with Gasteiger partial charge >= 0.3 is 0 Å². The molecule has 2 aromatic rings. The second-order valence-electron chi connectivity index (χ2n) is 5.58. The van der Waals surface area contributed by atoms with E-state index in [0.717, 1.165) is 0 Å². The molecule has 0 saturated heterocycles. The lowest BCUT2D eigenvalue weighted by molar-refractivity contribution is 0.526. The molecule has 0 fully saturated rings. The number of hydrogen-bond donors (Lipinski definition) is 1. The number of halogens is 2. The Kier molecular flexibility index (Phi) is 4.27. The fourth-order valence-corrected chi connectivity index (χ4v) is 3.86. The lowest BCUT2D eigenvalue weighted by Crippen LogP contribution is -2.33. The highest BCUT2D eigenvalue weighted by Gasteiger charge is 2.29. The lowest BCUT2D eigenvalue weighted by atomic mass is 9.96. The van der Waals surface area contributed by atoms with Gasteiger partial charge in [0.1, 0.15) is 11.6 Å². The van der Waals surface area contributed by atoms with E-state index in [9.17, 15) is 13.0 Å². The van der Waals surface area contributed by atoms with Crippen LogP contribution in [0.3, 0.4) is 0 Å². The normalized spacial score (nSPS) is 15.5. The SMILES string of the molecule is C[C@H](CC(C)(C)S(N)=O)c1sc2cc(F)ccc2c1F. The van der Waals surface area contributed by atoms with E-state index in [1.807, 2.05) is 6.92 Å². The first-order chi connectivity index (χ1) is 9.22. The Morgan fingerprint density at radius 1 is 1.40 bits per heavy atom. The van der Waals surface area contributed by atoms with Crippen LogP contribution in [0.4, 0.5) is 8.78 Å². The zero-order chi connectivity index (χ0) is 15.1. The molecule has 1 aromatic heterocycles. The van der Waals surface area contributed by atoms with Crippen LogP contribution in [0.2, 0.25) is 0 Å². The molecular formula is C14H17F2NOS2. The van der Waals surface area contributed by atoms with E-state index in [1.54, 1.807) is 13.8 Å². The van der Waals surface area contributed by atoms with Crippen LogP contribution in [0.1, 0.15) is 38.0 Å². The van der Waals surface area contributed by atoms with Crippen molar-refractivity contribution in [1.29, 1.82) is 0 Å². The van der Waals surface area contributed by atoms with Gasteiger partial charge in [-0.3, -0.25) is 5.14 Å². The molecule has 0 aliphatic heterocycles. The molecule has 2 nitrogen and oxygen atoms in total. The van der Waals surface area contributed by atoms with Crippen LogP contribution < -0.4 is 5.14 Å². The monoisotopic (exact) mass is 317 g/mol. The maximum atomic E-state index is 14.4. The van der Waals surface area contributed by atoms with Crippen LogP contribution in [0.15, 0.2) is 18.2 Å². The van der Waals surface area contributed by atoms with E-state index in [4.69, 9.17) is 5.14 Å². The van der Waals surface area contributed by atoms with Crippen molar-refractivity contribution < 1.29 is 13.0 Å². The topological polar surface area (TPSA) is 43.1 Å². The number of thiophene rings is 1.